The lowest BCUT2D eigenvalue weighted by atomic mass is 9.97. The Morgan fingerprint density at radius 3 is 2.82 bits per heavy atom. The highest BCUT2D eigenvalue weighted by Crippen LogP contribution is 2.25. The monoisotopic (exact) mass is 344 g/mol. The summed E-state index contributed by atoms with van der Waals surface area (Å²) in [6, 6.07) is 4.79. The third-order valence-electron chi connectivity index (χ3n) is 3.56. The lowest BCUT2D eigenvalue weighted by Gasteiger charge is -2.32. The predicted molar refractivity (Wildman–Crippen MR) is 84.9 cm³/mol. The van der Waals surface area contributed by atoms with Crippen LogP contribution in [0.1, 0.15) is 30.1 Å². The molecule has 1 heterocycles. The van der Waals surface area contributed by atoms with Crippen molar-refractivity contribution in [2.24, 2.45) is 5.92 Å². The number of hydroxylamine groups is 1. The van der Waals surface area contributed by atoms with Crippen molar-refractivity contribution in [1.82, 2.24) is 10.4 Å². The smallest absolute Gasteiger partial charge is 0.253 e. The van der Waals surface area contributed by atoms with Gasteiger partial charge < -0.3 is 4.90 Å². The van der Waals surface area contributed by atoms with E-state index in [2.05, 4.69) is 5.48 Å². The molecule has 1 atom stereocenters. The molecule has 0 bridgehead atoms. The molecule has 1 N–H and O–H groups in total. The minimum Gasteiger partial charge on any atom is -0.338 e. The second kappa shape index (κ2) is 7.81. The van der Waals surface area contributed by atoms with E-state index in [1.807, 2.05) is 0 Å². The van der Waals surface area contributed by atoms with Crippen molar-refractivity contribution >= 4 is 35.0 Å². The van der Waals surface area contributed by atoms with E-state index < -0.39 is 0 Å². The largest absolute Gasteiger partial charge is 0.338 e. The topological polar surface area (TPSA) is 58.6 Å². The standard InChI is InChI=1S/C15H18Cl2N2O3/c1-2-22-18-14(20)11-4-3-7-19(9-11)15(21)10-5-6-12(16)13(17)8-10/h5-6,8,11H,2-4,7,9H2,1H3,(H,18,20)/t11-/m0/s1. The Kier molecular flexibility index (Phi) is 6.06. The van der Waals surface area contributed by atoms with Crippen molar-refractivity contribution in [3.05, 3.63) is 33.8 Å². The molecule has 1 fully saturated rings. The van der Waals surface area contributed by atoms with Crippen LogP contribution in [0.15, 0.2) is 18.2 Å². The molecule has 1 aromatic rings. The van der Waals surface area contributed by atoms with Crippen LogP contribution in [0.25, 0.3) is 0 Å². The second-order valence-electron chi connectivity index (χ2n) is 5.12. The lowest BCUT2D eigenvalue weighted by Crippen LogP contribution is -2.45. The van der Waals surface area contributed by atoms with Gasteiger partial charge in [0.1, 0.15) is 0 Å². The van der Waals surface area contributed by atoms with Gasteiger partial charge in [0, 0.05) is 18.7 Å². The molecule has 2 amide bonds. The molecule has 0 aromatic heterocycles. The van der Waals surface area contributed by atoms with Gasteiger partial charge in [-0.3, -0.25) is 14.4 Å². The number of carbonyl (C=O) groups excluding carboxylic acids is 2. The summed E-state index contributed by atoms with van der Waals surface area (Å²) < 4.78 is 0. The summed E-state index contributed by atoms with van der Waals surface area (Å²) in [5, 5.41) is 0.751. The maximum atomic E-state index is 12.5. The zero-order valence-electron chi connectivity index (χ0n) is 12.3. The van der Waals surface area contributed by atoms with Crippen molar-refractivity contribution in [3.63, 3.8) is 0 Å². The van der Waals surface area contributed by atoms with Crippen molar-refractivity contribution < 1.29 is 14.4 Å². The van der Waals surface area contributed by atoms with Gasteiger partial charge >= 0.3 is 0 Å². The molecule has 22 heavy (non-hydrogen) atoms. The first kappa shape index (κ1) is 17.1. The summed E-state index contributed by atoms with van der Waals surface area (Å²) in [5.74, 6) is -0.590. The molecule has 0 saturated carbocycles. The number of nitrogens with one attached hydrogen (secondary N) is 1. The van der Waals surface area contributed by atoms with Crippen molar-refractivity contribution in [3.8, 4) is 0 Å². The predicted octanol–water partition coefficient (Wildman–Crippen LogP) is 2.91. The van der Waals surface area contributed by atoms with Crippen LogP contribution >= 0.6 is 23.2 Å². The lowest BCUT2D eigenvalue weighted by molar-refractivity contribution is -0.138. The summed E-state index contributed by atoms with van der Waals surface area (Å²) in [6.45, 7) is 3.20. The summed E-state index contributed by atoms with van der Waals surface area (Å²) >= 11 is 11.8. The van der Waals surface area contributed by atoms with Gasteiger partial charge in [-0.25, -0.2) is 5.48 Å². The van der Waals surface area contributed by atoms with E-state index in [0.717, 1.165) is 12.8 Å². The first-order valence-electron chi connectivity index (χ1n) is 7.19. The minimum absolute atomic E-state index is 0.146. The number of benzene rings is 1. The van der Waals surface area contributed by atoms with Crippen LogP contribution in [0, 0.1) is 5.92 Å². The molecule has 0 unspecified atom stereocenters. The van der Waals surface area contributed by atoms with E-state index in [-0.39, 0.29) is 17.7 Å². The highest BCUT2D eigenvalue weighted by Gasteiger charge is 2.29. The maximum Gasteiger partial charge on any atom is 0.253 e. The van der Waals surface area contributed by atoms with Gasteiger partial charge in [0.15, 0.2) is 0 Å². The van der Waals surface area contributed by atoms with E-state index in [9.17, 15) is 9.59 Å². The summed E-state index contributed by atoms with van der Waals surface area (Å²) in [6.07, 6.45) is 1.52. The highest BCUT2D eigenvalue weighted by molar-refractivity contribution is 6.42. The molecule has 5 nitrogen and oxygen atoms in total. The van der Waals surface area contributed by atoms with Gasteiger partial charge in [-0.05, 0) is 38.0 Å². The molecule has 0 radical (unpaired) electrons. The quantitative estimate of drug-likeness (QED) is 0.854. The molecule has 1 saturated heterocycles. The molecular formula is C15H18Cl2N2O3. The van der Waals surface area contributed by atoms with Crippen LogP contribution in [0.2, 0.25) is 10.0 Å². The van der Waals surface area contributed by atoms with Gasteiger partial charge in [-0.2, -0.15) is 0 Å². The fourth-order valence-electron chi connectivity index (χ4n) is 2.41. The van der Waals surface area contributed by atoms with E-state index in [1.54, 1.807) is 30.0 Å². The first-order valence-corrected chi connectivity index (χ1v) is 7.94. The van der Waals surface area contributed by atoms with Gasteiger partial charge in [0.05, 0.1) is 22.6 Å². The van der Waals surface area contributed by atoms with Crippen LogP contribution in [0.3, 0.4) is 0 Å². The number of likely N-dealkylation sites (tertiary alicyclic amines) is 1. The van der Waals surface area contributed by atoms with Crippen LogP contribution in [-0.4, -0.2) is 36.4 Å². The zero-order valence-corrected chi connectivity index (χ0v) is 13.8. The van der Waals surface area contributed by atoms with Gasteiger partial charge in [-0.1, -0.05) is 23.2 Å². The number of amides is 2. The van der Waals surface area contributed by atoms with Crippen LogP contribution in [0.5, 0.6) is 0 Å². The number of halogens is 2. The Morgan fingerprint density at radius 1 is 1.36 bits per heavy atom. The van der Waals surface area contributed by atoms with Crippen molar-refractivity contribution in [2.75, 3.05) is 19.7 Å². The number of hydrogen-bond acceptors (Lipinski definition) is 3. The molecule has 7 heteroatoms. The number of hydrogen-bond donors (Lipinski definition) is 1. The Morgan fingerprint density at radius 2 is 2.14 bits per heavy atom. The van der Waals surface area contributed by atoms with E-state index in [0.29, 0.717) is 35.3 Å². The van der Waals surface area contributed by atoms with Crippen molar-refractivity contribution in [2.45, 2.75) is 19.8 Å². The molecular weight excluding hydrogens is 327 g/mol. The Hall–Kier alpha value is -1.30. The Balaban J connectivity index is 2.03. The average Bonchev–Trinajstić information content (AvgIpc) is 2.54. The first-order chi connectivity index (χ1) is 10.5. The molecule has 1 aliphatic rings. The van der Waals surface area contributed by atoms with Gasteiger partial charge in [0.2, 0.25) is 5.91 Å². The second-order valence-corrected chi connectivity index (χ2v) is 5.93. The van der Waals surface area contributed by atoms with Crippen LogP contribution in [0.4, 0.5) is 0 Å². The van der Waals surface area contributed by atoms with Crippen LogP contribution in [-0.2, 0) is 9.63 Å². The average molecular weight is 345 g/mol. The molecule has 0 aliphatic carbocycles. The third kappa shape index (κ3) is 4.12. The number of rotatable bonds is 4. The summed E-state index contributed by atoms with van der Waals surface area (Å²) in [7, 11) is 0. The molecule has 1 aromatic carbocycles. The zero-order chi connectivity index (χ0) is 16.1. The SMILES string of the molecule is CCONC(=O)[C@H]1CCCN(C(=O)c2ccc(Cl)c(Cl)c2)C1. The normalized spacial score (nSPS) is 18.1. The van der Waals surface area contributed by atoms with Crippen LogP contribution < -0.4 is 5.48 Å². The Labute approximate surface area is 139 Å². The minimum atomic E-state index is -0.257. The maximum absolute atomic E-state index is 12.5. The Bertz CT molecular complexity index is 566. The number of nitrogens with zero attached hydrogens (tertiary/aromatic N) is 1. The van der Waals surface area contributed by atoms with E-state index in [4.69, 9.17) is 28.0 Å². The van der Waals surface area contributed by atoms with Crippen molar-refractivity contribution in [1.29, 1.82) is 0 Å². The fraction of sp³-hybridized carbons (Fsp3) is 0.467. The fourth-order valence-corrected chi connectivity index (χ4v) is 2.71. The molecule has 1 aliphatic heterocycles. The number of piperidine rings is 1. The molecule has 120 valence electrons. The highest BCUT2D eigenvalue weighted by atomic mass is 35.5. The van der Waals surface area contributed by atoms with E-state index in [1.165, 1.54) is 0 Å². The third-order valence-corrected chi connectivity index (χ3v) is 4.30. The van der Waals surface area contributed by atoms with Gasteiger partial charge in [0.25, 0.3) is 5.91 Å². The summed E-state index contributed by atoms with van der Waals surface area (Å²) in [5.41, 5.74) is 2.87. The molecule has 0 spiro atoms. The number of carbonyl (C=O) groups is 2. The summed E-state index contributed by atoms with van der Waals surface area (Å²) in [4.78, 5) is 31.0. The van der Waals surface area contributed by atoms with E-state index >= 15 is 0 Å². The van der Waals surface area contributed by atoms with Gasteiger partial charge in [-0.15, -0.1) is 0 Å². The molecule has 2 rings (SSSR count).